The molecule has 0 aliphatic heterocycles. The molecule has 0 aromatic heterocycles. The average Bonchev–Trinajstić information content (AvgIpc) is 3.07. The van der Waals surface area contributed by atoms with Crippen molar-refractivity contribution in [3.05, 3.63) is 65.2 Å². The minimum atomic E-state index is -0.596. The van der Waals surface area contributed by atoms with Gasteiger partial charge >= 0.3 is 0 Å². The normalized spacial score (nSPS) is 34.0. The standard InChI is InChI=1S/C28H36O3/c1-27-15-12-24-23-11-9-22(31-19-20-6-3-2-4-7-20)18-21(23)8-10-25(24)26(27)13-16-28(27,30)14-5-17-29/h2-4,6-7,9,11,18,24-26,29-30H,5,8,10,12-17,19H2,1H3/t24-,25-,26+,27+,28+/m1/s1. The molecule has 3 aliphatic carbocycles. The molecule has 0 saturated heterocycles. The summed E-state index contributed by atoms with van der Waals surface area (Å²) in [5.41, 5.74) is 3.59. The van der Waals surface area contributed by atoms with Crippen LogP contribution in [0.2, 0.25) is 0 Å². The van der Waals surface area contributed by atoms with E-state index >= 15 is 0 Å². The van der Waals surface area contributed by atoms with Gasteiger partial charge in [-0.1, -0.05) is 43.3 Å². The van der Waals surface area contributed by atoms with Gasteiger partial charge in [-0.25, -0.2) is 0 Å². The van der Waals surface area contributed by atoms with Crippen LogP contribution in [0.1, 0.15) is 74.5 Å². The van der Waals surface area contributed by atoms with E-state index in [2.05, 4.69) is 49.4 Å². The van der Waals surface area contributed by atoms with Crippen LogP contribution in [0, 0.1) is 17.3 Å². The smallest absolute Gasteiger partial charge is 0.120 e. The lowest BCUT2D eigenvalue weighted by Crippen LogP contribution is -2.50. The van der Waals surface area contributed by atoms with E-state index in [1.54, 1.807) is 0 Å². The maximum Gasteiger partial charge on any atom is 0.120 e. The van der Waals surface area contributed by atoms with Crippen molar-refractivity contribution in [2.45, 2.75) is 76.4 Å². The van der Waals surface area contributed by atoms with Gasteiger partial charge in [-0.15, -0.1) is 0 Å². The van der Waals surface area contributed by atoms with E-state index in [9.17, 15) is 10.2 Å². The maximum absolute atomic E-state index is 11.5. The predicted molar refractivity (Wildman–Crippen MR) is 123 cm³/mol. The Bertz CT molecular complexity index is 910. The van der Waals surface area contributed by atoms with Gasteiger partial charge in [-0.3, -0.25) is 0 Å². The molecule has 0 heterocycles. The molecule has 0 spiro atoms. The molecule has 3 aliphatic rings. The number of hydrogen-bond donors (Lipinski definition) is 2. The molecule has 3 heteroatoms. The Morgan fingerprint density at radius 2 is 1.87 bits per heavy atom. The van der Waals surface area contributed by atoms with Crippen molar-refractivity contribution < 1.29 is 14.9 Å². The van der Waals surface area contributed by atoms with Crippen LogP contribution < -0.4 is 4.74 Å². The van der Waals surface area contributed by atoms with Gasteiger partial charge in [-0.05, 0) is 103 Å². The molecule has 0 radical (unpaired) electrons. The first-order chi connectivity index (χ1) is 15.0. The monoisotopic (exact) mass is 420 g/mol. The molecule has 0 unspecified atom stereocenters. The predicted octanol–water partition coefficient (Wildman–Crippen LogP) is 5.63. The van der Waals surface area contributed by atoms with Gasteiger partial charge in [-0.2, -0.15) is 0 Å². The fourth-order valence-electron chi connectivity index (χ4n) is 7.28. The van der Waals surface area contributed by atoms with Crippen LogP contribution >= 0.6 is 0 Å². The van der Waals surface area contributed by atoms with Gasteiger partial charge < -0.3 is 14.9 Å². The third-order valence-electron chi connectivity index (χ3n) is 9.02. The highest BCUT2D eigenvalue weighted by molar-refractivity contribution is 5.41. The molecule has 2 saturated carbocycles. The van der Waals surface area contributed by atoms with Crippen molar-refractivity contribution in [3.8, 4) is 5.75 Å². The Balaban J connectivity index is 1.32. The first-order valence-electron chi connectivity index (χ1n) is 12.2. The van der Waals surface area contributed by atoms with Gasteiger partial charge in [0.15, 0.2) is 0 Å². The number of rotatable bonds is 6. The van der Waals surface area contributed by atoms with Crippen molar-refractivity contribution in [3.63, 3.8) is 0 Å². The SMILES string of the molecule is C[C@]12CC[C@@H]3c4ccc(OCc5ccccc5)cc4CC[C@H]3[C@@H]1CC[C@@]2(O)CCCO. The Morgan fingerprint density at radius 3 is 2.68 bits per heavy atom. The summed E-state index contributed by atoms with van der Waals surface area (Å²) in [5.74, 6) is 2.86. The summed E-state index contributed by atoms with van der Waals surface area (Å²) >= 11 is 0. The lowest BCUT2D eigenvalue weighted by molar-refractivity contribution is -0.109. The average molecular weight is 421 g/mol. The molecule has 3 nitrogen and oxygen atoms in total. The zero-order valence-corrected chi connectivity index (χ0v) is 18.7. The topological polar surface area (TPSA) is 49.7 Å². The van der Waals surface area contributed by atoms with Crippen molar-refractivity contribution >= 4 is 0 Å². The second kappa shape index (κ2) is 8.26. The summed E-state index contributed by atoms with van der Waals surface area (Å²) < 4.78 is 6.09. The number of hydrogen-bond acceptors (Lipinski definition) is 3. The quantitative estimate of drug-likeness (QED) is 0.637. The molecule has 2 N–H and O–H groups in total. The van der Waals surface area contributed by atoms with Gasteiger partial charge in [0.1, 0.15) is 12.4 Å². The first kappa shape index (κ1) is 21.0. The molecule has 5 rings (SSSR count). The molecule has 5 atom stereocenters. The van der Waals surface area contributed by atoms with Gasteiger partial charge in [0.25, 0.3) is 0 Å². The second-order valence-electron chi connectivity index (χ2n) is 10.4. The first-order valence-corrected chi connectivity index (χ1v) is 12.2. The van der Waals surface area contributed by atoms with E-state index in [1.165, 1.54) is 23.1 Å². The van der Waals surface area contributed by atoms with Crippen LogP contribution in [0.4, 0.5) is 0 Å². The summed E-state index contributed by atoms with van der Waals surface area (Å²) in [6, 6.07) is 17.1. The Kier molecular flexibility index (Phi) is 5.60. The molecule has 0 bridgehead atoms. The van der Waals surface area contributed by atoms with Crippen LogP contribution in [0.3, 0.4) is 0 Å². The van der Waals surface area contributed by atoms with Gasteiger partial charge in [0, 0.05) is 6.61 Å². The minimum Gasteiger partial charge on any atom is -0.489 e. The summed E-state index contributed by atoms with van der Waals surface area (Å²) in [5, 5.41) is 20.8. The molecular weight excluding hydrogens is 384 g/mol. The van der Waals surface area contributed by atoms with E-state index in [-0.39, 0.29) is 12.0 Å². The molecule has 2 aromatic carbocycles. The van der Waals surface area contributed by atoms with Crippen molar-refractivity contribution in [1.82, 2.24) is 0 Å². The third-order valence-corrected chi connectivity index (χ3v) is 9.02. The van der Waals surface area contributed by atoms with E-state index in [1.807, 2.05) is 6.07 Å². The highest BCUT2D eigenvalue weighted by Crippen LogP contribution is 2.65. The number of ether oxygens (including phenoxy) is 1. The zero-order chi connectivity index (χ0) is 21.5. The third kappa shape index (κ3) is 3.60. The Labute approximate surface area is 186 Å². The number of benzene rings is 2. The summed E-state index contributed by atoms with van der Waals surface area (Å²) in [6.07, 6.45) is 8.07. The number of fused-ring (bicyclic) bond motifs is 5. The fraction of sp³-hybridized carbons (Fsp3) is 0.571. The number of aliphatic hydroxyl groups excluding tert-OH is 1. The van der Waals surface area contributed by atoms with Crippen molar-refractivity contribution in [2.24, 2.45) is 17.3 Å². The summed E-state index contributed by atoms with van der Waals surface area (Å²) in [6.45, 7) is 3.13. The van der Waals surface area contributed by atoms with Crippen LogP contribution in [0.25, 0.3) is 0 Å². The van der Waals surface area contributed by atoms with Crippen LogP contribution in [-0.2, 0) is 13.0 Å². The van der Waals surface area contributed by atoms with Crippen molar-refractivity contribution in [1.29, 1.82) is 0 Å². The summed E-state index contributed by atoms with van der Waals surface area (Å²) in [7, 11) is 0. The molecule has 2 aromatic rings. The Morgan fingerprint density at radius 1 is 1.03 bits per heavy atom. The van der Waals surface area contributed by atoms with E-state index in [4.69, 9.17) is 4.74 Å². The lowest BCUT2D eigenvalue weighted by atomic mass is 9.53. The minimum absolute atomic E-state index is 0.000421. The van der Waals surface area contributed by atoms with E-state index in [0.29, 0.717) is 30.8 Å². The zero-order valence-electron chi connectivity index (χ0n) is 18.7. The highest BCUT2D eigenvalue weighted by atomic mass is 16.5. The van der Waals surface area contributed by atoms with Crippen LogP contribution in [-0.4, -0.2) is 22.4 Å². The largest absolute Gasteiger partial charge is 0.489 e. The highest BCUT2D eigenvalue weighted by Gasteiger charge is 2.60. The molecule has 31 heavy (non-hydrogen) atoms. The number of aliphatic hydroxyl groups is 2. The molecule has 0 amide bonds. The molecular formula is C28H36O3. The van der Waals surface area contributed by atoms with Crippen LogP contribution in [0.15, 0.2) is 48.5 Å². The van der Waals surface area contributed by atoms with E-state index in [0.717, 1.165) is 44.3 Å². The maximum atomic E-state index is 11.5. The Hall–Kier alpha value is -1.84. The van der Waals surface area contributed by atoms with Crippen molar-refractivity contribution in [2.75, 3.05) is 6.61 Å². The molecule has 2 fully saturated rings. The summed E-state index contributed by atoms with van der Waals surface area (Å²) in [4.78, 5) is 0. The molecule has 166 valence electrons. The van der Waals surface area contributed by atoms with Gasteiger partial charge in [0.2, 0.25) is 0 Å². The lowest BCUT2D eigenvalue weighted by Gasteiger charge is -2.53. The second-order valence-corrected chi connectivity index (χ2v) is 10.4. The fourth-order valence-corrected chi connectivity index (χ4v) is 7.28. The van der Waals surface area contributed by atoms with E-state index < -0.39 is 5.60 Å². The van der Waals surface area contributed by atoms with Gasteiger partial charge in [0.05, 0.1) is 5.60 Å². The van der Waals surface area contributed by atoms with Crippen LogP contribution in [0.5, 0.6) is 5.75 Å². The number of aryl methyl sites for hydroxylation is 1.